The van der Waals surface area contributed by atoms with Gasteiger partial charge >= 0.3 is 5.97 Å². The Hall–Kier alpha value is -1.39. The number of ether oxygens (including phenoxy) is 3. The quantitative estimate of drug-likeness (QED) is 0.770. The van der Waals surface area contributed by atoms with E-state index in [2.05, 4.69) is 4.74 Å². The van der Waals surface area contributed by atoms with Gasteiger partial charge in [0.2, 0.25) is 0 Å². The zero-order chi connectivity index (χ0) is 13.0. The van der Waals surface area contributed by atoms with E-state index in [0.717, 1.165) is 18.4 Å². The average Bonchev–Trinajstić information content (AvgIpc) is 2.88. The minimum absolute atomic E-state index is 0.334. The molecule has 4 nitrogen and oxygen atoms in total. The summed E-state index contributed by atoms with van der Waals surface area (Å²) in [6.45, 7) is 3.25. The first-order chi connectivity index (χ1) is 8.72. The summed E-state index contributed by atoms with van der Waals surface area (Å²) in [5, 5.41) is 0. The molecular formula is C14H18O4. The molecule has 0 N–H and O–H groups in total. The molecule has 4 heteroatoms. The van der Waals surface area contributed by atoms with Crippen LogP contribution in [-0.4, -0.2) is 26.3 Å². The molecule has 1 atom stereocenters. The van der Waals surface area contributed by atoms with Crippen molar-refractivity contribution in [3.8, 4) is 0 Å². The fraction of sp³-hybridized carbons (Fsp3) is 0.500. The normalized spacial score (nSPS) is 23.0. The van der Waals surface area contributed by atoms with E-state index in [1.54, 1.807) is 12.1 Å². The van der Waals surface area contributed by atoms with Crippen LogP contribution >= 0.6 is 0 Å². The topological polar surface area (TPSA) is 44.8 Å². The summed E-state index contributed by atoms with van der Waals surface area (Å²) in [6.07, 6.45) is 1.83. The summed E-state index contributed by atoms with van der Waals surface area (Å²) < 4.78 is 16.2. The van der Waals surface area contributed by atoms with Crippen LogP contribution in [0.25, 0.3) is 0 Å². The Morgan fingerprint density at radius 1 is 1.39 bits per heavy atom. The van der Waals surface area contributed by atoms with Crippen LogP contribution in [0.1, 0.15) is 35.7 Å². The average molecular weight is 250 g/mol. The van der Waals surface area contributed by atoms with Gasteiger partial charge in [-0.05, 0) is 25.5 Å². The lowest BCUT2D eigenvalue weighted by Crippen LogP contribution is -2.28. The molecule has 2 rings (SSSR count). The van der Waals surface area contributed by atoms with E-state index >= 15 is 0 Å². The van der Waals surface area contributed by atoms with Crippen LogP contribution in [0.4, 0.5) is 0 Å². The molecule has 18 heavy (non-hydrogen) atoms. The lowest BCUT2D eigenvalue weighted by molar-refractivity contribution is -0.216. The first-order valence-corrected chi connectivity index (χ1v) is 6.18. The lowest BCUT2D eigenvalue weighted by Gasteiger charge is -2.28. The SMILES string of the molecule is CCOC1(c2ccc(C(=O)OC)cc2)CCCO1. The van der Waals surface area contributed by atoms with Crippen LogP contribution in [0.5, 0.6) is 0 Å². The Balaban J connectivity index is 2.24. The van der Waals surface area contributed by atoms with Crippen LogP contribution in [0.2, 0.25) is 0 Å². The van der Waals surface area contributed by atoms with Crippen molar-refractivity contribution in [2.75, 3.05) is 20.3 Å². The molecule has 1 fully saturated rings. The second-order valence-electron chi connectivity index (χ2n) is 4.21. The van der Waals surface area contributed by atoms with Crippen LogP contribution in [-0.2, 0) is 20.0 Å². The third kappa shape index (κ3) is 2.40. The highest BCUT2D eigenvalue weighted by molar-refractivity contribution is 5.89. The van der Waals surface area contributed by atoms with Gasteiger partial charge in [0.05, 0.1) is 19.3 Å². The molecule has 0 radical (unpaired) electrons. The predicted octanol–water partition coefficient (Wildman–Crippen LogP) is 2.47. The summed E-state index contributed by atoms with van der Waals surface area (Å²) in [7, 11) is 1.37. The van der Waals surface area contributed by atoms with Gasteiger partial charge in [-0.15, -0.1) is 0 Å². The smallest absolute Gasteiger partial charge is 0.337 e. The van der Waals surface area contributed by atoms with Crippen LogP contribution in [0.3, 0.4) is 0 Å². The predicted molar refractivity (Wildman–Crippen MR) is 66.3 cm³/mol. The van der Waals surface area contributed by atoms with Gasteiger partial charge in [-0.1, -0.05) is 12.1 Å². The number of rotatable bonds is 4. The van der Waals surface area contributed by atoms with Gasteiger partial charge in [0, 0.05) is 18.6 Å². The van der Waals surface area contributed by atoms with Crippen LogP contribution < -0.4 is 0 Å². The van der Waals surface area contributed by atoms with Gasteiger partial charge in [0.25, 0.3) is 0 Å². The van der Waals surface area contributed by atoms with Crippen molar-refractivity contribution >= 4 is 5.97 Å². The standard InChI is InChI=1S/C14H18O4/c1-3-17-14(9-4-10-18-14)12-7-5-11(6-8-12)13(15)16-2/h5-8H,3-4,9-10H2,1-2H3. The fourth-order valence-corrected chi connectivity index (χ4v) is 2.25. The first kappa shape index (κ1) is 13.1. The van der Waals surface area contributed by atoms with E-state index in [1.165, 1.54) is 7.11 Å². The lowest BCUT2D eigenvalue weighted by atomic mass is 10.0. The van der Waals surface area contributed by atoms with Gasteiger partial charge in [-0.3, -0.25) is 0 Å². The zero-order valence-electron chi connectivity index (χ0n) is 10.8. The second kappa shape index (κ2) is 5.50. The molecule has 0 spiro atoms. The Kier molecular flexibility index (Phi) is 3.99. The van der Waals surface area contributed by atoms with Crippen molar-refractivity contribution in [3.63, 3.8) is 0 Å². The highest BCUT2D eigenvalue weighted by Crippen LogP contribution is 2.37. The molecule has 98 valence electrons. The number of carbonyl (C=O) groups excluding carboxylic acids is 1. The Labute approximate surface area is 107 Å². The van der Waals surface area contributed by atoms with E-state index in [0.29, 0.717) is 18.8 Å². The van der Waals surface area contributed by atoms with Crippen LogP contribution in [0, 0.1) is 0 Å². The summed E-state index contributed by atoms with van der Waals surface area (Å²) in [5.74, 6) is -0.969. The van der Waals surface area contributed by atoms with Gasteiger partial charge in [0.1, 0.15) is 0 Å². The minimum atomic E-state index is -0.636. The maximum atomic E-state index is 11.4. The zero-order valence-corrected chi connectivity index (χ0v) is 10.8. The van der Waals surface area contributed by atoms with E-state index in [-0.39, 0.29) is 5.97 Å². The third-order valence-corrected chi connectivity index (χ3v) is 3.11. The number of hydrogen-bond acceptors (Lipinski definition) is 4. The highest BCUT2D eigenvalue weighted by Gasteiger charge is 2.37. The van der Waals surface area contributed by atoms with E-state index in [9.17, 15) is 4.79 Å². The summed E-state index contributed by atoms with van der Waals surface area (Å²) in [5.41, 5.74) is 1.49. The summed E-state index contributed by atoms with van der Waals surface area (Å²) in [6, 6.07) is 7.22. The van der Waals surface area contributed by atoms with E-state index in [1.807, 2.05) is 19.1 Å². The molecule has 1 aromatic rings. The molecule has 0 aromatic heterocycles. The number of methoxy groups -OCH3 is 1. The molecule has 1 aromatic carbocycles. The summed E-state index contributed by atoms with van der Waals surface area (Å²) >= 11 is 0. The fourth-order valence-electron chi connectivity index (χ4n) is 2.25. The first-order valence-electron chi connectivity index (χ1n) is 6.18. The monoisotopic (exact) mass is 250 g/mol. The van der Waals surface area contributed by atoms with Crippen LogP contribution in [0.15, 0.2) is 24.3 Å². The largest absolute Gasteiger partial charge is 0.465 e. The van der Waals surface area contributed by atoms with Gasteiger partial charge in [-0.2, -0.15) is 0 Å². The van der Waals surface area contributed by atoms with Gasteiger partial charge in [-0.25, -0.2) is 4.79 Å². The number of benzene rings is 1. The number of hydrogen-bond donors (Lipinski definition) is 0. The summed E-state index contributed by atoms with van der Waals surface area (Å²) in [4.78, 5) is 11.4. The number of esters is 1. The molecule has 1 saturated heterocycles. The Morgan fingerprint density at radius 2 is 2.11 bits per heavy atom. The molecule has 1 heterocycles. The number of carbonyl (C=O) groups is 1. The van der Waals surface area contributed by atoms with Crippen molar-refractivity contribution in [3.05, 3.63) is 35.4 Å². The molecule has 1 aliphatic heterocycles. The van der Waals surface area contributed by atoms with Crippen molar-refractivity contribution in [2.24, 2.45) is 0 Å². The highest BCUT2D eigenvalue weighted by atomic mass is 16.7. The maximum Gasteiger partial charge on any atom is 0.337 e. The van der Waals surface area contributed by atoms with E-state index < -0.39 is 5.79 Å². The molecule has 0 bridgehead atoms. The van der Waals surface area contributed by atoms with Crippen molar-refractivity contribution < 1.29 is 19.0 Å². The Bertz CT molecular complexity index is 404. The van der Waals surface area contributed by atoms with Gasteiger partial charge < -0.3 is 14.2 Å². The van der Waals surface area contributed by atoms with Gasteiger partial charge in [0.15, 0.2) is 5.79 Å². The molecule has 0 aliphatic carbocycles. The van der Waals surface area contributed by atoms with Crippen molar-refractivity contribution in [2.45, 2.75) is 25.6 Å². The maximum absolute atomic E-state index is 11.4. The molecule has 0 saturated carbocycles. The molecule has 0 amide bonds. The Morgan fingerprint density at radius 3 is 2.61 bits per heavy atom. The molecule has 1 unspecified atom stereocenters. The van der Waals surface area contributed by atoms with Crippen molar-refractivity contribution in [1.82, 2.24) is 0 Å². The van der Waals surface area contributed by atoms with E-state index in [4.69, 9.17) is 9.47 Å². The third-order valence-electron chi connectivity index (χ3n) is 3.11. The molecule has 1 aliphatic rings. The minimum Gasteiger partial charge on any atom is -0.465 e. The molecular weight excluding hydrogens is 232 g/mol. The second-order valence-corrected chi connectivity index (χ2v) is 4.21. The van der Waals surface area contributed by atoms with Crippen molar-refractivity contribution in [1.29, 1.82) is 0 Å².